The summed E-state index contributed by atoms with van der Waals surface area (Å²) in [5, 5.41) is -0.0499. The van der Waals surface area contributed by atoms with Gasteiger partial charge in [-0.2, -0.15) is 0 Å². The van der Waals surface area contributed by atoms with Gasteiger partial charge in [0.15, 0.2) is 0 Å². The molecule has 2 fully saturated rings. The smallest absolute Gasteiger partial charge is 0.253 e. The molecule has 0 N–H and O–H groups in total. The molecule has 2 aliphatic rings. The van der Waals surface area contributed by atoms with Crippen LogP contribution in [0, 0.1) is 11.7 Å². The lowest BCUT2D eigenvalue weighted by atomic mass is 9.98. The second-order valence-corrected chi connectivity index (χ2v) is 8.63. The van der Waals surface area contributed by atoms with Crippen molar-refractivity contribution in [2.45, 2.75) is 25.7 Å². The van der Waals surface area contributed by atoms with Crippen LogP contribution in [0.1, 0.15) is 46.4 Å². The molecule has 7 heteroatoms. The van der Waals surface area contributed by atoms with Crippen LogP contribution in [-0.4, -0.2) is 54.4 Å². The number of hydrogen-bond donors (Lipinski definition) is 0. The zero-order chi connectivity index (χ0) is 21.8. The predicted molar refractivity (Wildman–Crippen MR) is 117 cm³/mol. The number of carbonyl (C=O) groups excluding carboxylic acids is 2. The molecule has 0 aliphatic carbocycles. The van der Waals surface area contributed by atoms with E-state index < -0.39 is 5.82 Å². The Labute approximate surface area is 186 Å². The number of likely N-dealkylation sites (tertiary alicyclic amines) is 2. The lowest BCUT2D eigenvalue weighted by molar-refractivity contribution is 0.0632. The lowest BCUT2D eigenvalue weighted by Gasteiger charge is -2.32. The van der Waals surface area contributed by atoms with Crippen LogP contribution in [0.15, 0.2) is 42.5 Å². The zero-order valence-corrected chi connectivity index (χ0v) is 18.1. The number of halogens is 2. The topological polar surface area (TPSA) is 49.9 Å². The van der Waals surface area contributed by atoms with E-state index in [4.69, 9.17) is 16.3 Å². The van der Waals surface area contributed by atoms with Gasteiger partial charge in [0.25, 0.3) is 11.8 Å². The maximum Gasteiger partial charge on any atom is 0.253 e. The molecule has 0 spiro atoms. The van der Waals surface area contributed by atoms with Gasteiger partial charge in [0, 0.05) is 43.2 Å². The van der Waals surface area contributed by atoms with Gasteiger partial charge in [-0.15, -0.1) is 0 Å². The molecule has 2 aliphatic heterocycles. The van der Waals surface area contributed by atoms with Gasteiger partial charge in [-0.1, -0.05) is 17.7 Å². The van der Waals surface area contributed by atoms with E-state index in [2.05, 4.69) is 0 Å². The van der Waals surface area contributed by atoms with Crippen LogP contribution in [-0.2, 0) is 0 Å². The molecule has 5 nitrogen and oxygen atoms in total. The van der Waals surface area contributed by atoms with Crippen LogP contribution in [0.4, 0.5) is 4.39 Å². The normalized spacial score (nSPS) is 18.8. The van der Waals surface area contributed by atoms with Crippen LogP contribution in [0.5, 0.6) is 5.75 Å². The molecule has 164 valence electrons. The SMILES string of the molecule is O=C(c1cccc(OC[C@@H]2CCCN(C(=O)c3ccc(F)c(Cl)c3)C2)c1)N1CCCC1. The van der Waals surface area contributed by atoms with E-state index in [9.17, 15) is 14.0 Å². The highest BCUT2D eigenvalue weighted by Gasteiger charge is 2.26. The maximum absolute atomic E-state index is 13.4. The molecule has 1 atom stereocenters. The number of nitrogens with zero attached hydrogens (tertiary/aromatic N) is 2. The van der Waals surface area contributed by atoms with Crippen LogP contribution in [0.3, 0.4) is 0 Å². The van der Waals surface area contributed by atoms with Gasteiger partial charge >= 0.3 is 0 Å². The van der Waals surface area contributed by atoms with E-state index in [-0.39, 0.29) is 22.8 Å². The van der Waals surface area contributed by atoms with Gasteiger partial charge in [-0.25, -0.2) is 4.39 Å². The molecule has 0 saturated carbocycles. The van der Waals surface area contributed by atoms with Crippen molar-refractivity contribution in [1.82, 2.24) is 9.80 Å². The minimum Gasteiger partial charge on any atom is -0.493 e. The Morgan fingerprint density at radius 1 is 0.968 bits per heavy atom. The van der Waals surface area contributed by atoms with Crippen molar-refractivity contribution < 1.29 is 18.7 Å². The van der Waals surface area contributed by atoms with Gasteiger partial charge in [-0.3, -0.25) is 9.59 Å². The van der Waals surface area contributed by atoms with E-state index in [0.717, 1.165) is 38.8 Å². The average Bonchev–Trinajstić information content (AvgIpc) is 3.34. The van der Waals surface area contributed by atoms with Crippen LogP contribution < -0.4 is 4.74 Å². The first kappa shape index (κ1) is 21.6. The molecule has 2 aromatic carbocycles. The number of rotatable bonds is 5. The number of hydrogen-bond acceptors (Lipinski definition) is 3. The first-order chi connectivity index (χ1) is 15.0. The van der Waals surface area contributed by atoms with E-state index in [1.807, 2.05) is 23.1 Å². The fourth-order valence-electron chi connectivity index (χ4n) is 4.23. The fourth-order valence-corrected chi connectivity index (χ4v) is 4.41. The van der Waals surface area contributed by atoms with E-state index in [0.29, 0.717) is 36.6 Å². The molecule has 0 radical (unpaired) electrons. The largest absolute Gasteiger partial charge is 0.493 e. The average molecular weight is 445 g/mol. The third-order valence-corrected chi connectivity index (χ3v) is 6.22. The summed E-state index contributed by atoms with van der Waals surface area (Å²) >= 11 is 5.83. The third-order valence-electron chi connectivity index (χ3n) is 5.93. The number of amides is 2. The van der Waals surface area contributed by atoms with Gasteiger partial charge in [-0.05, 0) is 62.1 Å². The molecule has 0 unspecified atom stereocenters. The van der Waals surface area contributed by atoms with Crippen LogP contribution in [0.2, 0.25) is 5.02 Å². The molecular weight excluding hydrogens is 419 g/mol. The zero-order valence-electron chi connectivity index (χ0n) is 17.4. The minimum absolute atomic E-state index is 0.0499. The first-order valence-corrected chi connectivity index (χ1v) is 11.2. The van der Waals surface area contributed by atoms with Gasteiger partial charge in [0.1, 0.15) is 11.6 Å². The summed E-state index contributed by atoms with van der Waals surface area (Å²) in [5.74, 6) is 0.221. The van der Waals surface area contributed by atoms with Crippen molar-refractivity contribution >= 4 is 23.4 Å². The van der Waals surface area contributed by atoms with Crippen molar-refractivity contribution in [2.75, 3.05) is 32.8 Å². The van der Waals surface area contributed by atoms with Crippen molar-refractivity contribution in [3.63, 3.8) is 0 Å². The van der Waals surface area contributed by atoms with Crippen molar-refractivity contribution in [2.24, 2.45) is 5.92 Å². The monoisotopic (exact) mass is 444 g/mol. The summed E-state index contributed by atoms with van der Waals surface area (Å²) in [6.07, 6.45) is 3.95. The summed E-state index contributed by atoms with van der Waals surface area (Å²) < 4.78 is 19.4. The summed E-state index contributed by atoms with van der Waals surface area (Å²) in [6, 6.07) is 11.4. The highest BCUT2D eigenvalue weighted by molar-refractivity contribution is 6.31. The molecule has 2 aromatic rings. The highest BCUT2D eigenvalue weighted by Crippen LogP contribution is 2.23. The molecule has 2 amide bonds. The number of ether oxygens (including phenoxy) is 1. The Hall–Kier alpha value is -2.60. The van der Waals surface area contributed by atoms with Gasteiger partial charge in [0.05, 0.1) is 11.6 Å². The predicted octanol–water partition coefficient (Wildman–Crippen LogP) is 4.65. The highest BCUT2D eigenvalue weighted by atomic mass is 35.5. The first-order valence-electron chi connectivity index (χ1n) is 10.8. The molecule has 0 aromatic heterocycles. The van der Waals surface area contributed by atoms with Gasteiger partial charge < -0.3 is 14.5 Å². The molecule has 2 heterocycles. The number of benzene rings is 2. The Morgan fingerprint density at radius 2 is 1.68 bits per heavy atom. The molecule has 0 bridgehead atoms. The quantitative estimate of drug-likeness (QED) is 0.674. The lowest BCUT2D eigenvalue weighted by Crippen LogP contribution is -2.41. The van der Waals surface area contributed by atoms with Crippen molar-refractivity contribution in [1.29, 1.82) is 0 Å². The van der Waals surface area contributed by atoms with E-state index in [1.165, 1.54) is 18.2 Å². The number of carbonyl (C=O) groups is 2. The molecule has 31 heavy (non-hydrogen) atoms. The number of piperidine rings is 1. The summed E-state index contributed by atoms with van der Waals surface area (Å²) in [4.78, 5) is 29.0. The standard InChI is InChI=1S/C24H26ClFN2O3/c25-21-14-19(8-9-22(21)26)24(30)28-12-4-5-17(15-28)16-31-20-7-3-6-18(13-20)23(29)27-10-1-2-11-27/h3,6-9,13-14,17H,1-2,4-5,10-12,15-16H2/t17-/m1/s1. The molecule has 2 saturated heterocycles. The Bertz CT molecular complexity index is 962. The van der Waals surface area contributed by atoms with Gasteiger partial charge in [0.2, 0.25) is 0 Å². The van der Waals surface area contributed by atoms with Crippen molar-refractivity contribution in [3.8, 4) is 5.75 Å². The van der Waals surface area contributed by atoms with Crippen molar-refractivity contribution in [3.05, 3.63) is 64.4 Å². The summed E-state index contributed by atoms with van der Waals surface area (Å²) in [6.45, 7) is 3.32. The minimum atomic E-state index is -0.534. The van der Waals surface area contributed by atoms with E-state index in [1.54, 1.807) is 11.0 Å². The third kappa shape index (κ3) is 5.18. The second-order valence-electron chi connectivity index (χ2n) is 8.23. The summed E-state index contributed by atoms with van der Waals surface area (Å²) in [5.41, 5.74) is 1.04. The van der Waals surface area contributed by atoms with Crippen LogP contribution in [0.25, 0.3) is 0 Å². The fraction of sp³-hybridized carbons (Fsp3) is 0.417. The Morgan fingerprint density at radius 3 is 2.45 bits per heavy atom. The second kappa shape index (κ2) is 9.69. The van der Waals surface area contributed by atoms with E-state index >= 15 is 0 Å². The van der Waals surface area contributed by atoms with Crippen LogP contribution >= 0.6 is 11.6 Å². The Balaban J connectivity index is 1.34. The Kier molecular flexibility index (Phi) is 6.76. The molecular formula is C24H26ClFN2O3. The molecule has 4 rings (SSSR count). The summed E-state index contributed by atoms with van der Waals surface area (Å²) in [7, 11) is 0. The maximum atomic E-state index is 13.4.